The molecule has 1 saturated heterocycles. The monoisotopic (exact) mass is 306 g/mol. The fourth-order valence-corrected chi connectivity index (χ4v) is 3.20. The molecule has 0 aliphatic carbocycles. The maximum absolute atomic E-state index is 5.86. The lowest BCUT2D eigenvalue weighted by Crippen LogP contribution is -2.57. The first-order chi connectivity index (χ1) is 10.2. The molecule has 1 aromatic carbocycles. The van der Waals surface area contributed by atoms with E-state index in [-0.39, 0.29) is 0 Å². The lowest BCUT2D eigenvalue weighted by Gasteiger charge is -2.41. The largest absolute Gasteiger partial charge is 0.311 e. The average molecular weight is 307 g/mol. The normalized spacial score (nSPS) is 24.2. The van der Waals surface area contributed by atoms with Crippen molar-refractivity contribution in [1.29, 1.82) is 0 Å². The molecule has 1 aliphatic heterocycles. The van der Waals surface area contributed by atoms with E-state index >= 15 is 0 Å². The van der Waals surface area contributed by atoms with Crippen LogP contribution in [0.25, 0.3) is 0 Å². The molecule has 2 unspecified atom stereocenters. The van der Waals surface area contributed by atoms with Gasteiger partial charge in [-0.25, -0.2) is 0 Å². The first-order valence-corrected chi connectivity index (χ1v) is 8.43. The zero-order valence-corrected chi connectivity index (χ0v) is 13.9. The van der Waals surface area contributed by atoms with Gasteiger partial charge in [0.15, 0.2) is 0 Å². The van der Waals surface area contributed by atoms with Crippen molar-refractivity contribution in [1.82, 2.24) is 10.2 Å². The summed E-state index contributed by atoms with van der Waals surface area (Å²) in [5.74, 6) is 0. The Hall–Kier alpha value is -0.830. The van der Waals surface area contributed by atoms with Crippen LogP contribution in [0.3, 0.4) is 0 Å². The van der Waals surface area contributed by atoms with E-state index in [1.165, 1.54) is 24.0 Å². The van der Waals surface area contributed by atoms with Crippen LogP contribution in [-0.2, 0) is 6.42 Å². The number of rotatable bonds is 6. The predicted octanol–water partition coefficient (Wildman–Crippen LogP) is 3.81. The van der Waals surface area contributed by atoms with E-state index in [0.717, 1.165) is 26.1 Å². The third kappa shape index (κ3) is 5.14. The summed E-state index contributed by atoms with van der Waals surface area (Å²) in [6, 6.07) is 11.9. The van der Waals surface area contributed by atoms with E-state index in [4.69, 9.17) is 11.6 Å². The third-order valence-electron chi connectivity index (χ3n) is 4.20. The number of hydrogen-bond donors (Lipinski definition) is 1. The van der Waals surface area contributed by atoms with Crippen LogP contribution < -0.4 is 5.32 Å². The predicted molar refractivity (Wildman–Crippen MR) is 91.8 cm³/mol. The highest BCUT2D eigenvalue weighted by molar-refractivity contribution is 6.25. The van der Waals surface area contributed by atoms with Gasteiger partial charge in [0.1, 0.15) is 0 Å². The van der Waals surface area contributed by atoms with Gasteiger partial charge in [-0.1, -0.05) is 55.3 Å². The molecule has 1 N–H and O–H groups in total. The molecule has 116 valence electrons. The molecule has 2 nitrogen and oxygen atoms in total. The Kier molecular flexibility index (Phi) is 6.75. The number of hydrogen-bond acceptors (Lipinski definition) is 2. The molecule has 0 amide bonds. The Bertz CT molecular complexity index is 444. The summed E-state index contributed by atoms with van der Waals surface area (Å²) in [4.78, 5) is 2.60. The van der Waals surface area contributed by atoms with Crippen molar-refractivity contribution >= 4 is 11.6 Å². The molecule has 0 spiro atoms. The van der Waals surface area contributed by atoms with Crippen LogP contribution in [0.5, 0.6) is 0 Å². The molecular weight excluding hydrogens is 280 g/mol. The van der Waals surface area contributed by atoms with Gasteiger partial charge >= 0.3 is 0 Å². The molecular formula is C18H27ClN2. The fraction of sp³-hybridized carbons (Fsp3) is 0.556. The van der Waals surface area contributed by atoms with E-state index in [1.54, 1.807) is 5.54 Å². The first kappa shape index (κ1) is 16.5. The van der Waals surface area contributed by atoms with Crippen LogP contribution in [0.2, 0.25) is 0 Å². The highest BCUT2D eigenvalue weighted by atomic mass is 35.5. The van der Waals surface area contributed by atoms with E-state index in [0.29, 0.717) is 12.1 Å². The van der Waals surface area contributed by atoms with E-state index in [9.17, 15) is 0 Å². The lowest BCUT2D eigenvalue weighted by molar-refractivity contribution is 0.133. The van der Waals surface area contributed by atoms with Gasteiger partial charge in [0.2, 0.25) is 0 Å². The zero-order valence-electron chi connectivity index (χ0n) is 13.2. The average Bonchev–Trinajstić information content (AvgIpc) is 2.51. The lowest BCUT2D eigenvalue weighted by atomic mass is 9.99. The second-order valence-electron chi connectivity index (χ2n) is 6.12. The number of nitrogens with zero attached hydrogens (tertiary/aromatic N) is 1. The van der Waals surface area contributed by atoms with Crippen molar-refractivity contribution in [2.24, 2.45) is 0 Å². The summed E-state index contributed by atoms with van der Waals surface area (Å²) in [6.45, 7) is 7.55. The third-order valence-corrected chi connectivity index (χ3v) is 4.57. The van der Waals surface area contributed by atoms with Crippen LogP contribution in [0.4, 0.5) is 0 Å². The van der Waals surface area contributed by atoms with Crippen LogP contribution in [0.15, 0.2) is 41.4 Å². The Morgan fingerprint density at radius 1 is 1.38 bits per heavy atom. The maximum atomic E-state index is 5.86. The number of nitrogens with one attached hydrogen (secondary N) is 1. The molecule has 1 aromatic rings. The van der Waals surface area contributed by atoms with Crippen LogP contribution in [-0.4, -0.2) is 36.6 Å². The first-order valence-electron chi connectivity index (χ1n) is 8.00. The van der Waals surface area contributed by atoms with E-state index in [1.807, 2.05) is 0 Å². The van der Waals surface area contributed by atoms with Gasteiger partial charge in [-0.15, -0.1) is 0 Å². The Morgan fingerprint density at radius 3 is 2.81 bits per heavy atom. The van der Waals surface area contributed by atoms with Crippen molar-refractivity contribution in [2.45, 2.75) is 45.2 Å². The van der Waals surface area contributed by atoms with Crippen molar-refractivity contribution in [3.8, 4) is 0 Å². The summed E-state index contributed by atoms with van der Waals surface area (Å²) < 4.78 is 0. The van der Waals surface area contributed by atoms with Gasteiger partial charge in [-0.05, 0) is 30.9 Å². The molecule has 1 fully saturated rings. The number of piperazine rings is 1. The van der Waals surface area contributed by atoms with Crippen molar-refractivity contribution < 1.29 is 0 Å². The molecule has 2 rings (SSSR count). The van der Waals surface area contributed by atoms with Gasteiger partial charge in [0, 0.05) is 37.3 Å². The molecule has 2 atom stereocenters. The second kappa shape index (κ2) is 8.57. The zero-order chi connectivity index (χ0) is 15.1. The minimum Gasteiger partial charge on any atom is -0.311 e. The van der Waals surface area contributed by atoms with Crippen molar-refractivity contribution in [2.75, 3.05) is 19.6 Å². The van der Waals surface area contributed by atoms with Gasteiger partial charge in [-0.2, -0.15) is 0 Å². The highest BCUT2D eigenvalue weighted by Crippen LogP contribution is 2.16. The van der Waals surface area contributed by atoms with E-state index < -0.39 is 0 Å². The van der Waals surface area contributed by atoms with Gasteiger partial charge in [0.05, 0.1) is 0 Å². The molecule has 0 aromatic heterocycles. The summed E-state index contributed by atoms with van der Waals surface area (Å²) in [5.41, 5.74) is 4.38. The standard InChI is InChI=1S/C18H27ClN2/c1-3-7-18-12-20-17(10-16-8-5-4-6-9-16)14-21(18)13-15(2)11-19/h4-6,8-9,11,17-18,20H,3,7,10,12-14H2,1-2H3/b15-11+. The minimum atomic E-state index is 0.531. The Morgan fingerprint density at radius 2 is 2.14 bits per heavy atom. The quantitative estimate of drug-likeness (QED) is 0.859. The topological polar surface area (TPSA) is 15.3 Å². The molecule has 1 heterocycles. The summed E-state index contributed by atoms with van der Waals surface area (Å²) in [6.07, 6.45) is 3.58. The molecule has 21 heavy (non-hydrogen) atoms. The SMILES string of the molecule is CCCC1CNC(Cc2ccccc2)CN1C/C(C)=C/Cl. The van der Waals surface area contributed by atoms with Gasteiger partial charge in [-0.3, -0.25) is 4.90 Å². The smallest absolute Gasteiger partial charge is 0.0236 e. The minimum absolute atomic E-state index is 0.531. The van der Waals surface area contributed by atoms with Crippen molar-refractivity contribution in [3.05, 3.63) is 47.0 Å². The molecule has 0 bridgehead atoms. The highest BCUT2D eigenvalue weighted by Gasteiger charge is 2.27. The maximum Gasteiger partial charge on any atom is 0.0236 e. The number of benzene rings is 1. The fourth-order valence-electron chi connectivity index (χ4n) is 3.13. The second-order valence-corrected chi connectivity index (χ2v) is 6.34. The molecule has 0 saturated carbocycles. The summed E-state index contributed by atoms with van der Waals surface area (Å²) in [5, 5.41) is 3.73. The molecule has 3 heteroatoms. The van der Waals surface area contributed by atoms with Crippen LogP contribution in [0.1, 0.15) is 32.3 Å². The summed E-state index contributed by atoms with van der Waals surface area (Å²) >= 11 is 5.86. The van der Waals surface area contributed by atoms with Gasteiger partial charge in [0.25, 0.3) is 0 Å². The van der Waals surface area contributed by atoms with Gasteiger partial charge < -0.3 is 5.32 Å². The summed E-state index contributed by atoms with van der Waals surface area (Å²) in [7, 11) is 0. The molecule has 0 radical (unpaired) electrons. The Balaban J connectivity index is 1.97. The van der Waals surface area contributed by atoms with Crippen molar-refractivity contribution in [3.63, 3.8) is 0 Å². The van der Waals surface area contributed by atoms with Crippen LogP contribution >= 0.6 is 11.6 Å². The Labute approximate surface area is 134 Å². The van der Waals surface area contributed by atoms with E-state index in [2.05, 4.69) is 54.4 Å². The molecule has 1 aliphatic rings. The number of halogens is 1. The van der Waals surface area contributed by atoms with Crippen LogP contribution in [0, 0.1) is 0 Å².